The summed E-state index contributed by atoms with van der Waals surface area (Å²) in [6.07, 6.45) is -0.128. The second kappa shape index (κ2) is 8.04. The van der Waals surface area contributed by atoms with Crippen LogP contribution in [-0.2, 0) is 14.8 Å². The SMILES string of the molecule is Cc1nc2c(C(O)C(=O)N3CC4=C(C3)CN(S(=O)(=O)c3cnc5c(c3)OCCO5)C4)cccc2o1. The molecule has 6 rings (SSSR count). The predicted molar refractivity (Wildman–Crippen MR) is 121 cm³/mol. The van der Waals surface area contributed by atoms with Crippen molar-refractivity contribution in [3.63, 3.8) is 0 Å². The van der Waals surface area contributed by atoms with Crippen LogP contribution in [0.15, 0.2) is 50.9 Å². The minimum absolute atomic E-state index is 0.0299. The third-order valence-electron chi connectivity index (χ3n) is 6.41. The van der Waals surface area contributed by atoms with E-state index in [-0.39, 0.29) is 37.0 Å². The van der Waals surface area contributed by atoms with Crippen LogP contribution in [0.4, 0.5) is 0 Å². The van der Waals surface area contributed by atoms with E-state index in [1.54, 1.807) is 25.1 Å². The number of pyridine rings is 1. The minimum Gasteiger partial charge on any atom is -0.484 e. The number of hydrogen-bond donors (Lipinski definition) is 1. The number of fused-ring (bicyclic) bond motifs is 2. The number of carbonyl (C=O) groups is 1. The zero-order valence-electron chi connectivity index (χ0n) is 18.8. The highest BCUT2D eigenvalue weighted by molar-refractivity contribution is 7.89. The van der Waals surface area contributed by atoms with Crippen molar-refractivity contribution in [2.75, 3.05) is 39.4 Å². The van der Waals surface area contributed by atoms with Crippen LogP contribution in [0.1, 0.15) is 17.6 Å². The van der Waals surface area contributed by atoms with Crippen molar-refractivity contribution >= 4 is 27.0 Å². The maximum Gasteiger partial charge on any atom is 0.257 e. The molecule has 1 N–H and O–H groups in total. The first kappa shape index (κ1) is 22.0. The molecule has 1 atom stereocenters. The molecule has 0 saturated heterocycles. The molecule has 182 valence electrons. The van der Waals surface area contributed by atoms with Crippen molar-refractivity contribution < 1.29 is 32.2 Å². The molecule has 3 aliphatic heterocycles. The molecular weight excluding hydrogens is 476 g/mol. The molecule has 0 spiro atoms. The normalized spacial score (nSPS) is 18.9. The molecule has 1 amide bonds. The zero-order valence-corrected chi connectivity index (χ0v) is 19.6. The molecule has 5 heterocycles. The van der Waals surface area contributed by atoms with Gasteiger partial charge in [-0.15, -0.1) is 0 Å². The van der Waals surface area contributed by atoms with E-state index in [1.807, 2.05) is 0 Å². The van der Waals surface area contributed by atoms with Gasteiger partial charge in [-0.05, 0) is 17.2 Å². The largest absolute Gasteiger partial charge is 0.484 e. The van der Waals surface area contributed by atoms with Crippen LogP contribution >= 0.6 is 0 Å². The number of oxazole rings is 1. The monoisotopic (exact) mass is 498 g/mol. The highest BCUT2D eigenvalue weighted by Gasteiger charge is 2.39. The van der Waals surface area contributed by atoms with E-state index in [4.69, 9.17) is 13.9 Å². The molecule has 3 aromatic rings. The Bertz CT molecular complexity index is 1480. The number of sulfonamides is 1. The van der Waals surface area contributed by atoms with Crippen LogP contribution in [0.25, 0.3) is 11.1 Å². The Labute approximate surface area is 200 Å². The number of aryl methyl sites for hydroxylation is 1. The lowest BCUT2D eigenvalue weighted by molar-refractivity contribution is -0.139. The van der Waals surface area contributed by atoms with Gasteiger partial charge in [0.1, 0.15) is 23.6 Å². The quantitative estimate of drug-likeness (QED) is 0.526. The van der Waals surface area contributed by atoms with Gasteiger partial charge in [0, 0.05) is 44.7 Å². The van der Waals surface area contributed by atoms with Crippen molar-refractivity contribution in [3.05, 3.63) is 53.1 Å². The average molecular weight is 499 g/mol. The highest BCUT2D eigenvalue weighted by atomic mass is 32.2. The molecule has 1 aromatic carbocycles. The minimum atomic E-state index is -3.81. The van der Waals surface area contributed by atoms with Gasteiger partial charge in [0.15, 0.2) is 23.3 Å². The molecule has 35 heavy (non-hydrogen) atoms. The summed E-state index contributed by atoms with van der Waals surface area (Å²) in [5, 5.41) is 10.8. The summed E-state index contributed by atoms with van der Waals surface area (Å²) in [7, 11) is -3.81. The van der Waals surface area contributed by atoms with Gasteiger partial charge in [-0.1, -0.05) is 12.1 Å². The fourth-order valence-corrected chi connectivity index (χ4v) is 6.08. The first-order valence-corrected chi connectivity index (χ1v) is 12.5. The van der Waals surface area contributed by atoms with Crippen molar-refractivity contribution in [3.8, 4) is 11.6 Å². The van der Waals surface area contributed by atoms with Crippen molar-refractivity contribution in [2.24, 2.45) is 0 Å². The number of benzene rings is 1. The van der Waals surface area contributed by atoms with Gasteiger partial charge in [-0.25, -0.2) is 18.4 Å². The summed E-state index contributed by atoms with van der Waals surface area (Å²) in [4.78, 5) is 23.0. The molecule has 0 aliphatic carbocycles. The summed E-state index contributed by atoms with van der Waals surface area (Å²) >= 11 is 0. The summed E-state index contributed by atoms with van der Waals surface area (Å²) in [5.74, 6) is 0.572. The van der Waals surface area contributed by atoms with Gasteiger partial charge in [-0.2, -0.15) is 4.31 Å². The van der Waals surface area contributed by atoms with Crippen LogP contribution < -0.4 is 9.47 Å². The molecule has 0 saturated carbocycles. The number of nitrogens with zero attached hydrogens (tertiary/aromatic N) is 4. The fraction of sp³-hybridized carbons (Fsp3) is 0.348. The maximum atomic E-state index is 13.2. The third kappa shape index (κ3) is 3.65. The molecule has 3 aliphatic rings. The third-order valence-corrected chi connectivity index (χ3v) is 8.16. The fourth-order valence-electron chi connectivity index (χ4n) is 4.68. The van der Waals surface area contributed by atoms with E-state index in [0.717, 1.165) is 11.1 Å². The zero-order chi connectivity index (χ0) is 24.3. The summed E-state index contributed by atoms with van der Waals surface area (Å²) in [6.45, 7) is 3.25. The Morgan fingerprint density at radius 1 is 1.11 bits per heavy atom. The number of ether oxygens (including phenoxy) is 2. The molecule has 0 fully saturated rings. The maximum absolute atomic E-state index is 13.2. The topological polar surface area (TPSA) is 135 Å². The van der Waals surface area contributed by atoms with E-state index in [2.05, 4.69) is 9.97 Å². The lowest BCUT2D eigenvalue weighted by Crippen LogP contribution is -2.38. The first-order valence-electron chi connectivity index (χ1n) is 11.1. The van der Waals surface area contributed by atoms with E-state index in [9.17, 15) is 18.3 Å². The standard InChI is InChI=1S/C23H22N4O7S/c1-13-25-20-17(3-2-4-18(20)34-13)21(28)23(29)26-9-14-11-27(12-15(14)10-26)35(30,31)16-7-19-22(24-8-16)33-6-5-32-19/h2-4,7-8,21,28H,5-6,9-12H2,1H3. The molecule has 1 unspecified atom stereocenters. The van der Waals surface area contributed by atoms with Gasteiger partial charge < -0.3 is 23.9 Å². The van der Waals surface area contributed by atoms with Crippen LogP contribution in [0.3, 0.4) is 0 Å². The smallest absolute Gasteiger partial charge is 0.257 e. The Kier molecular flexibility index (Phi) is 5.06. The predicted octanol–water partition coefficient (Wildman–Crippen LogP) is 1.18. The number of carbonyl (C=O) groups excluding carboxylic acids is 1. The number of aliphatic hydroxyl groups excluding tert-OH is 1. The van der Waals surface area contributed by atoms with Gasteiger partial charge >= 0.3 is 0 Å². The molecule has 0 bridgehead atoms. The Hall–Kier alpha value is -3.48. The van der Waals surface area contributed by atoms with Crippen LogP contribution in [-0.4, -0.2) is 78.0 Å². The Morgan fingerprint density at radius 2 is 1.86 bits per heavy atom. The molecule has 0 radical (unpaired) electrons. The van der Waals surface area contributed by atoms with Gasteiger partial charge in [0.25, 0.3) is 11.8 Å². The van der Waals surface area contributed by atoms with E-state index < -0.39 is 22.0 Å². The number of amides is 1. The Morgan fingerprint density at radius 3 is 2.63 bits per heavy atom. The van der Waals surface area contributed by atoms with E-state index in [0.29, 0.717) is 41.5 Å². The Balaban J connectivity index is 1.15. The van der Waals surface area contributed by atoms with Crippen molar-refractivity contribution in [1.29, 1.82) is 0 Å². The van der Waals surface area contributed by atoms with Crippen molar-refractivity contribution in [2.45, 2.75) is 17.9 Å². The second-order valence-electron chi connectivity index (χ2n) is 8.68. The highest BCUT2D eigenvalue weighted by Crippen LogP contribution is 2.35. The van der Waals surface area contributed by atoms with Crippen molar-refractivity contribution in [1.82, 2.24) is 19.2 Å². The molecule has 2 aromatic heterocycles. The molecule has 12 heteroatoms. The van der Waals surface area contributed by atoms with Crippen LogP contribution in [0.5, 0.6) is 11.6 Å². The number of hydrogen-bond acceptors (Lipinski definition) is 9. The lowest BCUT2D eigenvalue weighted by Gasteiger charge is -2.25. The first-order chi connectivity index (χ1) is 16.8. The number of aromatic nitrogens is 2. The molecular formula is C23H22N4O7S. The summed E-state index contributed by atoms with van der Waals surface area (Å²) < 4.78 is 44.1. The molecule has 11 nitrogen and oxygen atoms in total. The summed E-state index contributed by atoms with van der Waals surface area (Å²) in [6, 6.07) is 6.52. The van der Waals surface area contributed by atoms with Crippen LogP contribution in [0, 0.1) is 6.92 Å². The van der Waals surface area contributed by atoms with Gasteiger partial charge in [-0.3, -0.25) is 4.79 Å². The number of rotatable bonds is 4. The van der Waals surface area contributed by atoms with E-state index in [1.165, 1.54) is 21.5 Å². The van der Waals surface area contributed by atoms with E-state index >= 15 is 0 Å². The van der Waals surface area contributed by atoms with Gasteiger partial charge in [0.2, 0.25) is 10.0 Å². The van der Waals surface area contributed by atoms with Crippen LogP contribution in [0.2, 0.25) is 0 Å². The second-order valence-corrected chi connectivity index (χ2v) is 10.6. The number of aliphatic hydroxyl groups is 1. The summed E-state index contributed by atoms with van der Waals surface area (Å²) in [5.41, 5.74) is 3.05. The lowest BCUT2D eigenvalue weighted by atomic mass is 10.1. The number of para-hydroxylation sites is 1. The van der Waals surface area contributed by atoms with Gasteiger partial charge in [0.05, 0.1) is 6.20 Å². The average Bonchev–Trinajstić information content (AvgIpc) is 3.55.